The molecule has 1 aromatic carbocycles. The molecule has 0 spiro atoms. The summed E-state index contributed by atoms with van der Waals surface area (Å²) in [7, 11) is 0. The molecule has 1 N–H and O–H groups in total. The van der Waals surface area contributed by atoms with Crippen LogP contribution < -0.4 is 5.56 Å². The van der Waals surface area contributed by atoms with Crippen molar-refractivity contribution in [1.82, 2.24) is 14.5 Å². The number of nitrogens with zero attached hydrogens (tertiary/aromatic N) is 2. The number of benzene rings is 1. The van der Waals surface area contributed by atoms with E-state index in [1.165, 1.54) is 0 Å². The molecular formula is C17H18ClN3OS. The molecule has 0 aliphatic carbocycles. The second-order valence-electron chi connectivity index (χ2n) is 5.48. The minimum atomic E-state index is 0.00329. The molecule has 2 aromatic heterocycles. The highest BCUT2D eigenvalue weighted by Crippen LogP contribution is 2.23. The van der Waals surface area contributed by atoms with Crippen molar-refractivity contribution in [3.05, 3.63) is 57.0 Å². The summed E-state index contributed by atoms with van der Waals surface area (Å²) in [6.45, 7) is 4.67. The van der Waals surface area contributed by atoms with Crippen LogP contribution in [0.2, 0.25) is 5.02 Å². The van der Waals surface area contributed by atoms with Crippen LogP contribution in [0.1, 0.15) is 24.6 Å². The first-order valence-corrected chi connectivity index (χ1v) is 8.92. The molecule has 0 radical (unpaired) electrons. The molecular weight excluding hydrogens is 330 g/mol. The number of hydrogen-bond donors (Lipinski definition) is 1. The van der Waals surface area contributed by atoms with E-state index in [1.54, 1.807) is 16.3 Å². The average Bonchev–Trinajstić information content (AvgIpc) is 2.91. The van der Waals surface area contributed by atoms with Gasteiger partial charge in [0.2, 0.25) is 0 Å². The number of aromatic nitrogens is 3. The van der Waals surface area contributed by atoms with Gasteiger partial charge in [0, 0.05) is 23.0 Å². The van der Waals surface area contributed by atoms with Gasteiger partial charge in [0.05, 0.1) is 5.52 Å². The first kappa shape index (κ1) is 16.1. The summed E-state index contributed by atoms with van der Waals surface area (Å²) in [5.74, 6) is 0.752. The number of fused-ring (bicyclic) bond motifs is 1. The second kappa shape index (κ2) is 6.81. The molecule has 0 amide bonds. The quantitative estimate of drug-likeness (QED) is 0.550. The lowest BCUT2D eigenvalue weighted by molar-refractivity contribution is 0.584. The van der Waals surface area contributed by atoms with Gasteiger partial charge in [-0.25, -0.2) is 4.98 Å². The van der Waals surface area contributed by atoms with Gasteiger partial charge in [-0.1, -0.05) is 42.4 Å². The van der Waals surface area contributed by atoms with Gasteiger partial charge in [0.25, 0.3) is 5.56 Å². The Labute approximate surface area is 143 Å². The van der Waals surface area contributed by atoms with E-state index in [1.807, 2.05) is 37.3 Å². The van der Waals surface area contributed by atoms with Gasteiger partial charge < -0.3 is 4.98 Å². The van der Waals surface area contributed by atoms with Gasteiger partial charge >= 0.3 is 0 Å². The predicted molar refractivity (Wildman–Crippen MR) is 96.4 cm³/mol. The standard InChI is InChI=1S/C17H18ClN3OS/c1-3-8-21-16(22)15-14(9-11(2)19-15)20-17(21)23-10-12-4-6-13(18)7-5-12/h4-7,9,19H,3,8,10H2,1-2H3. The Morgan fingerprint density at radius 1 is 1.30 bits per heavy atom. The summed E-state index contributed by atoms with van der Waals surface area (Å²) < 4.78 is 1.76. The second-order valence-corrected chi connectivity index (χ2v) is 6.86. The Kier molecular flexibility index (Phi) is 4.78. The fourth-order valence-electron chi connectivity index (χ4n) is 2.47. The van der Waals surface area contributed by atoms with Crippen LogP contribution in [0.15, 0.2) is 40.3 Å². The summed E-state index contributed by atoms with van der Waals surface area (Å²) in [5.41, 5.74) is 3.43. The van der Waals surface area contributed by atoms with Crippen molar-refractivity contribution in [2.24, 2.45) is 0 Å². The van der Waals surface area contributed by atoms with Crippen molar-refractivity contribution >= 4 is 34.4 Å². The Hall–Kier alpha value is -1.72. The molecule has 0 fully saturated rings. The SMILES string of the molecule is CCCn1c(SCc2ccc(Cl)cc2)nc2cc(C)[nH]c2c1=O. The van der Waals surface area contributed by atoms with Crippen LogP contribution in [0.25, 0.3) is 11.0 Å². The lowest BCUT2D eigenvalue weighted by atomic mass is 10.2. The Bertz CT molecular complexity index is 883. The zero-order chi connectivity index (χ0) is 16.4. The van der Waals surface area contributed by atoms with E-state index in [0.29, 0.717) is 12.1 Å². The average molecular weight is 348 g/mol. The molecule has 0 aliphatic rings. The third-order valence-electron chi connectivity index (χ3n) is 3.57. The molecule has 3 aromatic rings. The van der Waals surface area contributed by atoms with Crippen LogP contribution in [0.4, 0.5) is 0 Å². The highest BCUT2D eigenvalue weighted by molar-refractivity contribution is 7.98. The topological polar surface area (TPSA) is 50.7 Å². The minimum absolute atomic E-state index is 0.00329. The van der Waals surface area contributed by atoms with Gasteiger partial charge in [-0.05, 0) is 37.1 Å². The number of halogens is 1. The first-order valence-electron chi connectivity index (χ1n) is 7.56. The number of rotatable bonds is 5. The smallest absolute Gasteiger partial charge is 0.278 e. The highest BCUT2D eigenvalue weighted by Gasteiger charge is 2.13. The predicted octanol–water partition coefficient (Wildman–Crippen LogP) is 4.39. The number of H-pyrrole nitrogens is 1. The number of nitrogens with one attached hydrogen (secondary N) is 1. The van der Waals surface area contributed by atoms with Crippen LogP contribution in [0, 0.1) is 6.92 Å². The highest BCUT2D eigenvalue weighted by atomic mass is 35.5. The minimum Gasteiger partial charge on any atom is -0.353 e. The number of hydrogen-bond acceptors (Lipinski definition) is 3. The molecule has 6 heteroatoms. The van der Waals surface area contributed by atoms with Crippen LogP contribution in [-0.4, -0.2) is 14.5 Å². The molecule has 0 saturated heterocycles. The summed E-state index contributed by atoms with van der Waals surface area (Å²) >= 11 is 7.49. The van der Waals surface area contributed by atoms with Gasteiger partial charge in [0.15, 0.2) is 5.16 Å². The third-order valence-corrected chi connectivity index (χ3v) is 4.87. The lowest BCUT2D eigenvalue weighted by Crippen LogP contribution is -2.23. The van der Waals surface area contributed by atoms with Crippen molar-refractivity contribution in [2.75, 3.05) is 0 Å². The van der Waals surface area contributed by atoms with E-state index in [9.17, 15) is 4.79 Å². The molecule has 3 rings (SSSR count). The van der Waals surface area contributed by atoms with E-state index in [-0.39, 0.29) is 5.56 Å². The molecule has 0 aliphatic heterocycles. The monoisotopic (exact) mass is 347 g/mol. The molecule has 0 unspecified atom stereocenters. The largest absolute Gasteiger partial charge is 0.353 e. The normalized spacial score (nSPS) is 11.3. The van der Waals surface area contributed by atoms with Crippen molar-refractivity contribution in [3.8, 4) is 0 Å². The van der Waals surface area contributed by atoms with Crippen molar-refractivity contribution in [1.29, 1.82) is 0 Å². The van der Waals surface area contributed by atoms with Crippen molar-refractivity contribution in [2.45, 2.75) is 37.7 Å². The maximum Gasteiger partial charge on any atom is 0.278 e. The number of thioether (sulfide) groups is 1. The maximum absolute atomic E-state index is 12.7. The lowest BCUT2D eigenvalue weighted by Gasteiger charge is -2.11. The zero-order valence-electron chi connectivity index (χ0n) is 13.1. The van der Waals surface area contributed by atoms with Crippen molar-refractivity contribution in [3.63, 3.8) is 0 Å². The van der Waals surface area contributed by atoms with Crippen LogP contribution in [0.5, 0.6) is 0 Å². The molecule has 0 atom stereocenters. The van der Waals surface area contributed by atoms with Crippen molar-refractivity contribution < 1.29 is 0 Å². The summed E-state index contributed by atoms with van der Waals surface area (Å²) in [6, 6.07) is 9.66. The van der Waals surface area contributed by atoms with Crippen LogP contribution in [0.3, 0.4) is 0 Å². The van der Waals surface area contributed by atoms with Gasteiger partial charge in [-0.15, -0.1) is 0 Å². The number of aryl methyl sites for hydroxylation is 1. The van der Waals surface area contributed by atoms with Gasteiger partial charge in [0.1, 0.15) is 5.52 Å². The van der Waals surface area contributed by atoms with Gasteiger partial charge in [-0.3, -0.25) is 9.36 Å². The Balaban J connectivity index is 1.96. The molecule has 0 saturated carbocycles. The molecule has 23 heavy (non-hydrogen) atoms. The van der Waals surface area contributed by atoms with Crippen LogP contribution in [-0.2, 0) is 12.3 Å². The Morgan fingerprint density at radius 3 is 2.74 bits per heavy atom. The summed E-state index contributed by atoms with van der Waals surface area (Å²) in [5, 5.41) is 1.49. The summed E-state index contributed by atoms with van der Waals surface area (Å²) in [4.78, 5) is 20.5. The first-order chi connectivity index (χ1) is 11.1. The third kappa shape index (κ3) is 3.46. The molecule has 4 nitrogen and oxygen atoms in total. The van der Waals surface area contributed by atoms with E-state index in [4.69, 9.17) is 11.6 Å². The number of aromatic amines is 1. The van der Waals surface area contributed by atoms with E-state index in [2.05, 4.69) is 16.9 Å². The zero-order valence-corrected chi connectivity index (χ0v) is 14.7. The molecule has 2 heterocycles. The van der Waals surface area contributed by atoms with Crippen LogP contribution >= 0.6 is 23.4 Å². The van der Waals surface area contributed by atoms with E-state index >= 15 is 0 Å². The van der Waals surface area contributed by atoms with E-state index in [0.717, 1.165) is 39.1 Å². The maximum atomic E-state index is 12.7. The molecule has 120 valence electrons. The Morgan fingerprint density at radius 2 is 2.04 bits per heavy atom. The molecule has 0 bridgehead atoms. The van der Waals surface area contributed by atoms with E-state index < -0.39 is 0 Å². The fraction of sp³-hybridized carbons (Fsp3) is 0.294. The fourth-order valence-corrected chi connectivity index (χ4v) is 3.58. The summed E-state index contributed by atoms with van der Waals surface area (Å²) in [6.07, 6.45) is 0.890. The van der Waals surface area contributed by atoms with Gasteiger partial charge in [-0.2, -0.15) is 0 Å².